The van der Waals surface area contributed by atoms with Crippen molar-refractivity contribution in [2.24, 2.45) is 0 Å². The number of rotatable bonds is 0. The van der Waals surface area contributed by atoms with Crippen molar-refractivity contribution in [3.8, 4) is 0 Å². The van der Waals surface area contributed by atoms with E-state index in [-0.39, 0.29) is 0 Å². The lowest BCUT2D eigenvalue weighted by Gasteiger charge is -1.91. The molecule has 2 nitrogen and oxygen atoms in total. The zero-order valence-electron chi connectivity index (χ0n) is 6.19. The van der Waals surface area contributed by atoms with Crippen LogP contribution in [0.5, 0.6) is 0 Å². The smallest absolute Gasteiger partial charge is 0.0319 e. The van der Waals surface area contributed by atoms with Gasteiger partial charge in [-0.25, -0.2) is 0 Å². The van der Waals surface area contributed by atoms with Gasteiger partial charge >= 0.3 is 0 Å². The highest BCUT2D eigenvalue weighted by Crippen LogP contribution is 2.00. The highest BCUT2D eigenvalue weighted by Gasteiger charge is 1.94. The largest absolute Gasteiger partial charge is 0.400 e. The summed E-state index contributed by atoms with van der Waals surface area (Å²) in [5.41, 5.74) is 0. The summed E-state index contributed by atoms with van der Waals surface area (Å²) in [4.78, 5) is 0. The third-order valence-corrected chi connectivity index (χ3v) is 1.46. The standard InChI is InChI=1S/C6H13N.CH4O/c1-2-4-6-7-5-3-1;1-2/h7H,1-6H2;2H,1H3. The Bertz CT molecular complexity index is 28.5. The molecular weight excluding hydrogens is 114 g/mol. The minimum Gasteiger partial charge on any atom is -0.400 e. The average molecular weight is 131 g/mol. The van der Waals surface area contributed by atoms with Crippen LogP contribution in [0.4, 0.5) is 0 Å². The van der Waals surface area contributed by atoms with E-state index in [2.05, 4.69) is 5.32 Å². The summed E-state index contributed by atoms with van der Waals surface area (Å²) >= 11 is 0. The van der Waals surface area contributed by atoms with Crippen molar-refractivity contribution in [3.05, 3.63) is 0 Å². The predicted octanol–water partition coefficient (Wildman–Crippen LogP) is 0.758. The van der Waals surface area contributed by atoms with E-state index in [0.717, 1.165) is 7.11 Å². The molecule has 0 atom stereocenters. The van der Waals surface area contributed by atoms with Crippen LogP contribution in [-0.2, 0) is 0 Å². The summed E-state index contributed by atoms with van der Waals surface area (Å²) in [6, 6.07) is 0. The van der Waals surface area contributed by atoms with Crippen molar-refractivity contribution < 1.29 is 5.11 Å². The van der Waals surface area contributed by atoms with E-state index in [0.29, 0.717) is 0 Å². The van der Waals surface area contributed by atoms with Gasteiger partial charge in [0.25, 0.3) is 0 Å². The Morgan fingerprint density at radius 2 is 1.33 bits per heavy atom. The first kappa shape index (κ1) is 8.92. The monoisotopic (exact) mass is 131 g/mol. The molecule has 1 aliphatic heterocycles. The second-order valence-corrected chi connectivity index (χ2v) is 2.16. The van der Waals surface area contributed by atoms with Crippen LogP contribution >= 0.6 is 0 Å². The molecule has 0 saturated carbocycles. The zero-order chi connectivity index (χ0) is 6.95. The molecule has 9 heavy (non-hydrogen) atoms. The second-order valence-electron chi connectivity index (χ2n) is 2.16. The molecule has 56 valence electrons. The van der Waals surface area contributed by atoms with E-state index in [1.165, 1.54) is 38.8 Å². The van der Waals surface area contributed by atoms with Gasteiger partial charge in [0.05, 0.1) is 0 Å². The molecule has 0 aliphatic carbocycles. The van der Waals surface area contributed by atoms with Gasteiger partial charge in [0, 0.05) is 7.11 Å². The third kappa shape index (κ3) is 5.80. The Balaban J connectivity index is 0.000000291. The summed E-state index contributed by atoms with van der Waals surface area (Å²) in [7, 11) is 1.00. The summed E-state index contributed by atoms with van der Waals surface area (Å²) in [5, 5.41) is 10.3. The molecule has 1 fully saturated rings. The van der Waals surface area contributed by atoms with Gasteiger partial charge in [0.15, 0.2) is 0 Å². The van der Waals surface area contributed by atoms with Crippen LogP contribution in [-0.4, -0.2) is 25.3 Å². The van der Waals surface area contributed by atoms with E-state index >= 15 is 0 Å². The molecule has 0 unspecified atom stereocenters. The maximum absolute atomic E-state index is 7.00. The molecule has 0 amide bonds. The quantitative estimate of drug-likeness (QED) is 0.508. The molecule has 1 saturated heterocycles. The summed E-state index contributed by atoms with van der Waals surface area (Å²) in [5.74, 6) is 0. The van der Waals surface area contributed by atoms with E-state index in [1.807, 2.05) is 0 Å². The van der Waals surface area contributed by atoms with Crippen LogP contribution in [0.15, 0.2) is 0 Å². The zero-order valence-corrected chi connectivity index (χ0v) is 6.19. The van der Waals surface area contributed by atoms with Gasteiger partial charge in [0.2, 0.25) is 0 Å². The minimum atomic E-state index is 1.00. The molecule has 0 aromatic heterocycles. The Hall–Kier alpha value is -0.0800. The van der Waals surface area contributed by atoms with Gasteiger partial charge in [-0.15, -0.1) is 0 Å². The van der Waals surface area contributed by atoms with Crippen molar-refractivity contribution in [2.75, 3.05) is 20.2 Å². The van der Waals surface area contributed by atoms with Gasteiger partial charge < -0.3 is 10.4 Å². The molecule has 0 aromatic rings. The fourth-order valence-electron chi connectivity index (χ4n) is 0.979. The van der Waals surface area contributed by atoms with Crippen molar-refractivity contribution in [1.82, 2.24) is 5.32 Å². The van der Waals surface area contributed by atoms with Crippen molar-refractivity contribution >= 4 is 0 Å². The van der Waals surface area contributed by atoms with E-state index < -0.39 is 0 Å². The Labute approximate surface area is 57.3 Å². The van der Waals surface area contributed by atoms with Gasteiger partial charge in [0.1, 0.15) is 0 Å². The molecule has 0 spiro atoms. The topological polar surface area (TPSA) is 32.3 Å². The summed E-state index contributed by atoms with van der Waals surface area (Å²) < 4.78 is 0. The lowest BCUT2D eigenvalue weighted by Crippen LogP contribution is -2.12. The molecule has 0 radical (unpaired) electrons. The highest BCUT2D eigenvalue weighted by atomic mass is 16.2. The highest BCUT2D eigenvalue weighted by molar-refractivity contribution is 4.54. The molecule has 2 heteroatoms. The summed E-state index contributed by atoms with van der Waals surface area (Å²) in [6.07, 6.45) is 5.65. The van der Waals surface area contributed by atoms with Gasteiger partial charge in [-0.05, 0) is 25.9 Å². The van der Waals surface area contributed by atoms with Gasteiger partial charge in [-0.2, -0.15) is 0 Å². The minimum absolute atomic E-state index is 1.00. The van der Waals surface area contributed by atoms with Crippen molar-refractivity contribution in [1.29, 1.82) is 0 Å². The number of hydrogen-bond donors (Lipinski definition) is 2. The average Bonchev–Trinajstić information content (AvgIpc) is 2.21. The summed E-state index contributed by atoms with van der Waals surface area (Å²) in [6.45, 7) is 2.50. The van der Waals surface area contributed by atoms with Crippen molar-refractivity contribution in [2.45, 2.75) is 25.7 Å². The number of aliphatic hydroxyl groups excluding tert-OH is 1. The first-order valence-electron chi connectivity index (χ1n) is 3.65. The van der Waals surface area contributed by atoms with Crippen LogP contribution in [0.3, 0.4) is 0 Å². The lowest BCUT2D eigenvalue weighted by atomic mass is 10.2. The molecule has 1 heterocycles. The maximum Gasteiger partial charge on any atom is 0.0319 e. The van der Waals surface area contributed by atoms with E-state index in [4.69, 9.17) is 5.11 Å². The van der Waals surface area contributed by atoms with Crippen LogP contribution in [0.2, 0.25) is 0 Å². The normalized spacial score (nSPS) is 19.3. The van der Waals surface area contributed by atoms with E-state index in [9.17, 15) is 0 Å². The second kappa shape index (κ2) is 7.92. The Kier molecular flexibility index (Phi) is 7.85. The molecule has 2 N–H and O–H groups in total. The molecule has 1 rings (SSSR count). The number of aliphatic hydroxyl groups is 1. The number of hydrogen-bond acceptors (Lipinski definition) is 2. The van der Waals surface area contributed by atoms with Gasteiger partial charge in [-0.3, -0.25) is 0 Å². The van der Waals surface area contributed by atoms with E-state index in [1.54, 1.807) is 0 Å². The van der Waals surface area contributed by atoms with Crippen LogP contribution in [0.25, 0.3) is 0 Å². The molecule has 1 aliphatic rings. The van der Waals surface area contributed by atoms with Crippen LogP contribution in [0.1, 0.15) is 25.7 Å². The first-order chi connectivity index (χ1) is 4.50. The third-order valence-electron chi connectivity index (χ3n) is 1.46. The number of nitrogens with one attached hydrogen (secondary N) is 1. The van der Waals surface area contributed by atoms with Crippen LogP contribution < -0.4 is 5.32 Å². The molecule has 0 aromatic carbocycles. The van der Waals surface area contributed by atoms with Crippen LogP contribution in [0, 0.1) is 0 Å². The fourth-order valence-corrected chi connectivity index (χ4v) is 0.979. The lowest BCUT2D eigenvalue weighted by molar-refractivity contribution is 0.399. The molecular formula is C7H17NO. The maximum atomic E-state index is 7.00. The first-order valence-corrected chi connectivity index (χ1v) is 3.65. The SMILES string of the molecule is C1CCCNCC1.CO. The van der Waals surface area contributed by atoms with Gasteiger partial charge in [-0.1, -0.05) is 12.8 Å². The fraction of sp³-hybridized carbons (Fsp3) is 1.00. The Morgan fingerprint density at radius 3 is 1.78 bits per heavy atom. The predicted molar refractivity (Wildman–Crippen MR) is 39.5 cm³/mol. The molecule has 0 bridgehead atoms. The Morgan fingerprint density at radius 1 is 0.889 bits per heavy atom. The van der Waals surface area contributed by atoms with Crippen molar-refractivity contribution in [3.63, 3.8) is 0 Å².